The Kier molecular flexibility index (Phi) is 10.4. The summed E-state index contributed by atoms with van der Waals surface area (Å²) in [5.41, 5.74) is 0. The van der Waals surface area contributed by atoms with Crippen LogP contribution < -0.4 is 0 Å². The Morgan fingerprint density at radius 2 is 1.07 bits per heavy atom. The second-order valence-corrected chi connectivity index (χ2v) is 4.17. The van der Waals surface area contributed by atoms with Gasteiger partial charge in [-0.1, -0.05) is 34.1 Å². The molecule has 0 atom stereocenters. The van der Waals surface area contributed by atoms with Crippen molar-refractivity contribution in [2.45, 2.75) is 47.0 Å². The Labute approximate surface area is 96.6 Å². The van der Waals surface area contributed by atoms with Crippen molar-refractivity contribution in [1.29, 1.82) is 0 Å². The first-order valence-corrected chi connectivity index (χ1v) is 6.73. The van der Waals surface area contributed by atoms with Crippen LogP contribution in [-0.4, -0.2) is 49.1 Å². The van der Waals surface area contributed by atoms with Gasteiger partial charge in [-0.2, -0.15) is 0 Å². The van der Waals surface area contributed by atoms with Crippen molar-refractivity contribution in [1.82, 2.24) is 9.80 Å². The maximum Gasteiger partial charge on any atom is -0.000666 e. The van der Waals surface area contributed by atoms with Crippen LogP contribution in [0.1, 0.15) is 47.0 Å². The molecule has 0 aliphatic heterocycles. The summed E-state index contributed by atoms with van der Waals surface area (Å²) in [4.78, 5) is 5.08. The summed E-state index contributed by atoms with van der Waals surface area (Å²) in [7, 11) is 0. The van der Waals surface area contributed by atoms with E-state index in [1.807, 2.05) is 0 Å². The zero-order valence-corrected chi connectivity index (χ0v) is 11.3. The van der Waals surface area contributed by atoms with E-state index in [2.05, 4.69) is 37.5 Å². The number of rotatable bonds is 10. The fourth-order valence-electron chi connectivity index (χ4n) is 1.87. The highest BCUT2D eigenvalue weighted by molar-refractivity contribution is 4.58. The average molecular weight is 214 g/mol. The molecule has 0 N–H and O–H groups in total. The molecule has 0 saturated carbocycles. The molecule has 2 nitrogen and oxygen atoms in total. The van der Waals surface area contributed by atoms with Crippen LogP contribution in [0.2, 0.25) is 0 Å². The van der Waals surface area contributed by atoms with Gasteiger partial charge in [0, 0.05) is 0 Å². The summed E-state index contributed by atoms with van der Waals surface area (Å²) in [5, 5.41) is 0. The fraction of sp³-hybridized carbons (Fsp3) is 1.00. The summed E-state index contributed by atoms with van der Waals surface area (Å²) in [6.07, 6.45) is 3.98. The smallest absolute Gasteiger partial charge is 0.000666 e. The maximum atomic E-state index is 2.58. The molecule has 0 aromatic rings. The molecular weight excluding hydrogens is 184 g/mol. The van der Waals surface area contributed by atoms with E-state index in [4.69, 9.17) is 0 Å². The first kappa shape index (κ1) is 14.9. The Morgan fingerprint density at radius 1 is 0.600 bits per heavy atom. The lowest BCUT2D eigenvalue weighted by Crippen LogP contribution is -2.30. The quantitative estimate of drug-likeness (QED) is 0.552. The molecule has 0 radical (unpaired) electrons. The van der Waals surface area contributed by atoms with Gasteiger partial charge in [0.2, 0.25) is 0 Å². The van der Waals surface area contributed by atoms with Gasteiger partial charge in [-0.25, -0.2) is 0 Å². The zero-order chi connectivity index (χ0) is 11.5. The standard InChI is InChI=1S/C13H30N2/c1-5-9-11-15(8-4)13-10-12-14(6-2)7-3/h5-13H2,1-4H3. The van der Waals surface area contributed by atoms with Crippen molar-refractivity contribution in [2.24, 2.45) is 0 Å². The predicted molar refractivity (Wildman–Crippen MR) is 69.4 cm³/mol. The average Bonchev–Trinajstić information content (AvgIpc) is 2.28. The van der Waals surface area contributed by atoms with E-state index < -0.39 is 0 Å². The lowest BCUT2D eigenvalue weighted by Gasteiger charge is -2.23. The van der Waals surface area contributed by atoms with Crippen molar-refractivity contribution in [3.8, 4) is 0 Å². The van der Waals surface area contributed by atoms with E-state index in [9.17, 15) is 0 Å². The first-order valence-electron chi connectivity index (χ1n) is 6.73. The minimum Gasteiger partial charge on any atom is -0.304 e. The second kappa shape index (κ2) is 10.4. The second-order valence-electron chi connectivity index (χ2n) is 4.17. The summed E-state index contributed by atoms with van der Waals surface area (Å²) in [6, 6.07) is 0. The van der Waals surface area contributed by atoms with Gasteiger partial charge in [0.25, 0.3) is 0 Å². The van der Waals surface area contributed by atoms with E-state index in [0.717, 1.165) is 0 Å². The maximum absolute atomic E-state index is 2.58. The molecule has 92 valence electrons. The summed E-state index contributed by atoms with van der Waals surface area (Å²) in [6.45, 7) is 16.4. The molecule has 0 aromatic heterocycles. The molecule has 0 aromatic carbocycles. The molecule has 0 aliphatic rings. The Morgan fingerprint density at radius 3 is 1.53 bits per heavy atom. The first-order chi connectivity index (χ1) is 7.28. The molecule has 0 heterocycles. The molecule has 0 unspecified atom stereocenters. The van der Waals surface area contributed by atoms with Crippen LogP contribution in [0.4, 0.5) is 0 Å². The zero-order valence-electron chi connectivity index (χ0n) is 11.3. The number of hydrogen-bond acceptors (Lipinski definition) is 2. The van der Waals surface area contributed by atoms with Crippen LogP contribution in [0.15, 0.2) is 0 Å². The van der Waals surface area contributed by atoms with Crippen LogP contribution in [0, 0.1) is 0 Å². The Balaban J connectivity index is 3.52. The number of hydrogen-bond donors (Lipinski definition) is 0. The summed E-state index contributed by atoms with van der Waals surface area (Å²) in [5.74, 6) is 0. The lowest BCUT2D eigenvalue weighted by molar-refractivity contribution is 0.241. The lowest BCUT2D eigenvalue weighted by atomic mass is 10.3. The van der Waals surface area contributed by atoms with Crippen molar-refractivity contribution in [2.75, 3.05) is 39.3 Å². The molecule has 0 amide bonds. The van der Waals surface area contributed by atoms with Gasteiger partial charge >= 0.3 is 0 Å². The normalized spacial score (nSPS) is 11.6. The van der Waals surface area contributed by atoms with Gasteiger partial charge in [-0.15, -0.1) is 0 Å². The van der Waals surface area contributed by atoms with Gasteiger partial charge in [0.1, 0.15) is 0 Å². The highest BCUT2D eigenvalue weighted by Crippen LogP contribution is 1.98. The van der Waals surface area contributed by atoms with Crippen LogP contribution in [-0.2, 0) is 0 Å². The third kappa shape index (κ3) is 7.80. The molecule has 15 heavy (non-hydrogen) atoms. The summed E-state index contributed by atoms with van der Waals surface area (Å²) >= 11 is 0. The van der Waals surface area contributed by atoms with Gasteiger partial charge in [0.15, 0.2) is 0 Å². The van der Waals surface area contributed by atoms with Crippen molar-refractivity contribution in [3.63, 3.8) is 0 Å². The largest absolute Gasteiger partial charge is 0.304 e. The Hall–Kier alpha value is -0.0800. The molecule has 0 bridgehead atoms. The van der Waals surface area contributed by atoms with Crippen molar-refractivity contribution in [3.05, 3.63) is 0 Å². The van der Waals surface area contributed by atoms with Gasteiger partial charge in [-0.3, -0.25) is 0 Å². The molecule has 0 saturated heterocycles. The van der Waals surface area contributed by atoms with Gasteiger partial charge in [-0.05, 0) is 52.1 Å². The SMILES string of the molecule is CCCCN(CC)CCCN(CC)CC. The fourth-order valence-corrected chi connectivity index (χ4v) is 1.87. The van der Waals surface area contributed by atoms with E-state index in [0.29, 0.717) is 0 Å². The molecule has 2 heteroatoms. The van der Waals surface area contributed by atoms with Crippen LogP contribution in [0.3, 0.4) is 0 Å². The third-order valence-electron chi connectivity index (χ3n) is 3.12. The van der Waals surface area contributed by atoms with Gasteiger partial charge < -0.3 is 9.80 Å². The van der Waals surface area contributed by atoms with Crippen molar-refractivity contribution < 1.29 is 0 Å². The summed E-state index contributed by atoms with van der Waals surface area (Å²) < 4.78 is 0. The van der Waals surface area contributed by atoms with Crippen LogP contribution >= 0.6 is 0 Å². The molecule has 0 spiro atoms. The highest BCUT2D eigenvalue weighted by atomic mass is 15.1. The van der Waals surface area contributed by atoms with Crippen LogP contribution in [0.5, 0.6) is 0 Å². The van der Waals surface area contributed by atoms with Crippen molar-refractivity contribution >= 4 is 0 Å². The monoisotopic (exact) mass is 214 g/mol. The topological polar surface area (TPSA) is 6.48 Å². The minimum atomic E-state index is 1.19. The molecule has 0 aliphatic carbocycles. The Bertz CT molecular complexity index is 122. The molecule has 0 fully saturated rings. The van der Waals surface area contributed by atoms with Crippen LogP contribution in [0.25, 0.3) is 0 Å². The predicted octanol–water partition coefficient (Wildman–Crippen LogP) is 2.84. The number of nitrogens with zero attached hydrogens (tertiary/aromatic N) is 2. The van der Waals surface area contributed by atoms with E-state index in [1.165, 1.54) is 58.5 Å². The van der Waals surface area contributed by atoms with Gasteiger partial charge in [0.05, 0.1) is 0 Å². The molecular formula is C13H30N2. The number of unbranched alkanes of at least 4 members (excludes halogenated alkanes) is 1. The third-order valence-corrected chi connectivity index (χ3v) is 3.12. The minimum absolute atomic E-state index is 1.19. The highest BCUT2D eigenvalue weighted by Gasteiger charge is 2.03. The molecule has 0 rings (SSSR count). The van der Waals surface area contributed by atoms with E-state index >= 15 is 0 Å². The van der Waals surface area contributed by atoms with E-state index in [1.54, 1.807) is 0 Å². The van der Waals surface area contributed by atoms with E-state index in [-0.39, 0.29) is 0 Å².